The second kappa shape index (κ2) is 10.8. The van der Waals surface area contributed by atoms with Crippen molar-refractivity contribution in [1.29, 1.82) is 0 Å². The van der Waals surface area contributed by atoms with Gasteiger partial charge in [-0.15, -0.1) is 10.2 Å². The van der Waals surface area contributed by atoms with Crippen LogP contribution >= 0.6 is 47.2 Å². The van der Waals surface area contributed by atoms with Crippen LogP contribution in [0, 0.1) is 0 Å². The minimum Gasteiger partial charge on any atom is -0.494 e. The first-order valence-corrected chi connectivity index (χ1v) is 11.3. The number of thioether (sulfide) groups is 1. The minimum atomic E-state index is -0.464. The lowest BCUT2D eigenvalue weighted by atomic mass is 10.2. The highest BCUT2D eigenvalue weighted by Gasteiger charge is 2.17. The van der Waals surface area contributed by atoms with Crippen LogP contribution < -0.4 is 15.5 Å². The van der Waals surface area contributed by atoms with Gasteiger partial charge < -0.3 is 4.74 Å². The molecule has 0 unspecified atom stereocenters. The molecule has 1 heterocycles. The molecule has 0 atom stereocenters. The van der Waals surface area contributed by atoms with Crippen molar-refractivity contribution in [2.75, 3.05) is 12.5 Å². The molecule has 0 radical (unpaired) electrons. The molecule has 0 fully saturated rings. The van der Waals surface area contributed by atoms with Crippen molar-refractivity contribution in [3.63, 3.8) is 0 Å². The number of methoxy groups -OCH3 is 1. The lowest BCUT2D eigenvalue weighted by Crippen LogP contribution is -2.38. The van der Waals surface area contributed by atoms with Gasteiger partial charge in [-0.3, -0.25) is 15.5 Å². The summed E-state index contributed by atoms with van der Waals surface area (Å²) in [5.74, 6) is 1.24. The smallest absolute Gasteiger partial charge is 0.257 e. The third kappa shape index (κ3) is 5.88. The molecule has 1 aromatic heterocycles. The van der Waals surface area contributed by atoms with E-state index >= 15 is 0 Å². The normalized spacial score (nSPS) is 10.6. The number of aryl methyl sites for hydroxylation is 1. The molecule has 3 rings (SSSR count). The first-order valence-electron chi connectivity index (χ1n) is 9.19. The number of carbonyl (C=O) groups is 1. The number of ether oxygens (including phenoxy) is 1. The second-order valence-electron chi connectivity index (χ2n) is 6.23. The Morgan fingerprint density at radius 2 is 1.87 bits per heavy atom. The largest absolute Gasteiger partial charge is 0.494 e. The first kappa shape index (κ1) is 23.3. The van der Waals surface area contributed by atoms with Crippen molar-refractivity contribution in [2.45, 2.75) is 24.3 Å². The summed E-state index contributed by atoms with van der Waals surface area (Å²) >= 11 is 19.1. The molecule has 0 aliphatic heterocycles. The van der Waals surface area contributed by atoms with E-state index in [1.54, 1.807) is 4.68 Å². The topological polar surface area (TPSA) is 81.1 Å². The highest BCUT2D eigenvalue weighted by molar-refractivity contribution is 7.98. The number of halogens is 2. The van der Waals surface area contributed by atoms with Crippen molar-refractivity contribution >= 4 is 58.2 Å². The molecule has 1 amide bonds. The van der Waals surface area contributed by atoms with Gasteiger partial charge >= 0.3 is 0 Å². The van der Waals surface area contributed by atoms with Gasteiger partial charge in [0.15, 0.2) is 16.7 Å². The van der Waals surface area contributed by atoms with E-state index in [-0.39, 0.29) is 20.7 Å². The Hall–Kier alpha value is -2.33. The summed E-state index contributed by atoms with van der Waals surface area (Å²) in [6.45, 7) is 1.96. The monoisotopic (exact) mass is 495 g/mol. The zero-order valence-corrected chi connectivity index (χ0v) is 19.8. The number of nitrogens with one attached hydrogen (secondary N) is 2. The van der Waals surface area contributed by atoms with E-state index in [2.05, 4.69) is 20.9 Å². The molecule has 31 heavy (non-hydrogen) atoms. The molecule has 7 nitrogen and oxygen atoms in total. The molecule has 2 N–H and O–H groups in total. The van der Waals surface area contributed by atoms with Crippen LogP contribution in [0.25, 0.3) is 0 Å². The Labute approximate surface area is 199 Å². The van der Waals surface area contributed by atoms with E-state index in [4.69, 9.17) is 40.2 Å². The predicted molar refractivity (Wildman–Crippen MR) is 128 cm³/mol. The Morgan fingerprint density at radius 3 is 2.48 bits per heavy atom. The maximum atomic E-state index is 12.6. The summed E-state index contributed by atoms with van der Waals surface area (Å²) in [5, 5.41) is 12.2. The second-order valence-corrected chi connectivity index (χ2v) is 8.40. The fraction of sp³-hybridized carbons (Fsp3) is 0.200. The van der Waals surface area contributed by atoms with Gasteiger partial charge in [-0.2, -0.15) is 0 Å². The summed E-state index contributed by atoms with van der Waals surface area (Å²) in [4.78, 5) is 12.6. The first-order chi connectivity index (χ1) is 14.9. The highest BCUT2D eigenvalue weighted by Crippen LogP contribution is 2.33. The molecule has 0 aliphatic carbocycles. The summed E-state index contributed by atoms with van der Waals surface area (Å²) in [6.07, 6.45) is 0.631. The summed E-state index contributed by atoms with van der Waals surface area (Å²) in [7, 11) is 1.45. The van der Waals surface area contributed by atoms with Gasteiger partial charge in [-0.05, 0) is 29.9 Å². The molecule has 11 heteroatoms. The Morgan fingerprint density at radius 1 is 1.19 bits per heavy atom. The molecular weight excluding hydrogens is 477 g/mol. The van der Waals surface area contributed by atoms with Gasteiger partial charge in [0, 0.05) is 17.7 Å². The van der Waals surface area contributed by atoms with Crippen LogP contribution in [0.3, 0.4) is 0 Å². The zero-order valence-electron chi connectivity index (χ0n) is 16.7. The average molecular weight is 496 g/mol. The van der Waals surface area contributed by atoms with E-state index < -0.39 is 5.91 Å². The van der Waals surface area contributed by atoms with Crippen LogP contribution in [0.15, 0.2) is 47.6 Å². The van der Waals surface area contributed by atoms with Crippen LogP contribution in [0.4, 0.5) is 0 Å². The number of thiocarbonyl (C=S) groups is 1. The molecular formula is C20H19Cl2N5O2S2. The number of carbonyl (C=O) groups excluding carboxylic acids is 1. The molecule has 0 saturated carbocycles. The van der Waals surface area contributed by atoms with Gasteiger partial charge in [0.2, 0.25) is 5.16 Å². The molecule has 0 aliphatic rings. The molecule has 162 valence electrons. The van der Waals surface area contributed by atoms with Crippen molar-refractivity contribution in [3.05, 3.63) is 69.5 Å². The van der Waals surface area contributed by atoms with Gasteiger partial charge in [0.05, 0.1) is 17.2 Å². The summed E-state index contributed by atoms with van der Waals surface area (Å²) < 4.78 is 6.77. The standard InChI is InChI=1S/C20H19Cl2N5O2S2/c1-3-16-24-25-20(31-11-12-7-5-4-6-8-12)27(16)26-19(30)23-18(28)13-9-14(21)17(29-2)15(22)10-13/h4-10H,3,11H2,1-2H3,(H2,23,26,28,30). The Balaban J connectivity index is 1.70. The maximum Gasteiger partial charge on any atom is 0.257 e. The average Bonchev–Trinajstić information content (AvgIpc) is 3.14. The third-order valence-electron chi connectivity index (χ3n) is 4.13. The number of rotatable bonds is 7. The Kier molecular flexibility index (Phi) is 8.14. The van der Waals surface area contributed by atoms with Crippen molar-refractivity contribution < 1.29 is 9.53 Å². The zero-order chi connectivity index (χ0) is 22.4. The van der Waals surface area contributed by atoms with Crippen molar-refractivity contribution in [3.8, 4) is 5.75 Å². The quantitative estimate of drug-likeness (QED) is 0.362. The lowest BCUT2D eigenvalue weighted by Gasteiger charge is -2.14. The van der Waals surface area contributed by atoms with Gasteiger partial charge in [-0.25, -0.2) is 4.68 Å². The molecule has 0 bridgehead atoms. The van der Waals surface area contributed by atoms with Gasteiger partial charge in [0.1, 0.15) is 0 Å². The molecule has 3 aromatic rings. The lowest BCUT2D eigenvalue weighted by molar-refractivity contribution is 0.0977. The van der Waals surface area contributed by atoms with E-state index in [1.807, 2.05) is 37.3 Å². The predicted octanol–water partition coefficient (Wildman–Crippen LogP) is 4.71. The number of hydrogen-bond acceptors (Lipinski definition) is 6. The van der Waals surface area contributed by atoms with Crippen molar-refractivity contribution in [1.82, 2.24) is 20.2 Å². The van der Waals surface area contributed by atoms with Gasteiger partial charge in [0.25, 0.3) is 5.91 Å². The van der Waals surface area contributed by atoms with Crippen LogP contribution in [-0.4, -0.2) is 33.0 Å². The van der Waals surface area contributed by atoms with Crippen molar-refractivity contribution in [2.24, 2.45) is 0 Å². The van der Waals surface area contributed by atoms with E-state index in [1.165, 1.54) is 31.0 Å². The fourth-order valence-corrected chi connectivity index (χ4v) is 4.34. The number of hydrogen-bond donors (Lipinski definition) is 2. The maximum absolute atomic E-state index is 12.6. The number of nitrogens with zero attached hydrogens (tertiary/aromatic N) is 3. The number of amides is 1. The van der Waals surface area contributed by atoms with Gasteiger partial charge in [-0.1, -0.05) is 72.2 Å². The molecule has 0 spiro atoms. The molecule has 2 aromatic carbocycles. The van der Waals surface area contributed by atoms with E-state index in [0.29, 0.717) is 28.9 Å². The van der Waals surface area contributed by atoms with E-state index in [9.17, 15) is 4.79 Å². The number of aromatic nitrogens is 3. The number of benzene rings is 2. The fourth-order valence-electron chi connectivity index (χ4n) is 2.65. The third-order valence-corrected chi connectivity index (χ3v) is 5.89. The minimum absolute atomic E-state index is 0.0872. The SMILES string of the molecule is CCc1nnc(SCc2ccccc2)n1NC(=S)NC(=O)c1cc(Cl)c(OC)c(Cl)c1. The molecule has 0 saturated heterocycles. The Bertz CT molecular complexity index is 1070. The highest BCUT2D eigenvalue weighted by atomic mass is 35.5. The summed E-state index contributed by atoms with van der Waals surface area (Å²) in [5.41, 5.74) is 4.38. The van der Waals surface area contributed by atoms with Crippen LogP contribution in [0.5, 0.6) is 5.75 Å². The van der Waals surface area contributed by atoms with Crippen LogP contribution in [-0.2, 0) is 12.2 Å². The van der Waals surface area contributed by atoms with Crippen LogP contribution in [0.2, 0.25) is 10.0 Å². The summed E-state index contributed by atoms with van der Waals surface area (Å²) in [6, 6.07) is 12.9. The van der Waals surface area contributed by atoms with Crippen LogP contribution in [0.1, 0.15) is 28.7 Å². The van der Waals surface area contributed by atoms with E-state index in [0.717, 1.165) is 5.56 Å².